The van der Waals surface area contributed by atoms with Gasteiger partial charge in [-0.25, -0.2) is 0 Å². The molecule has 1 nitrogen and oxygen atoms in total. The average Bonchev–Trinajstić information content (AvgIpc) is 2.00. The minimum Gasteiger partial charge on any atom is -0.304 e. The summed E-state index contributed by atoms with van der Waals surface area (Å²) in [6, 6.07) is 0.689. The highest BCUT2D eigenvalue weighted by atomic mass is 15.1. The SMILES string of the molecule is CCCCC(C)CN(C)C(C)C. The third-order valence-electron chi connectivity index (χ3n) is 2.53. The first-order valence-corrected chi connectivity index (χ1v) is 5.28. The molecule has 0 aliphatic rings. The molecule has 1 unspecified atom stereocenters. The molecule has 0 aliphatic heterocycles. The Morgan fingerprint density at radius 2 is 1.75 bits per heavy atom. The molecule has 0 rings (SSSR count). The lowest BCUT2D eigenvalue weighted by Gasteiger charge is -2.24. The van der Waals surface area contributed by atoms with E-state index in [4.69, 9.17) is 0 Å². The van der Waals surface area contributed by atoms with Crippen LogP contribution >= 0.6 is 0 Å². The lowest BCUT2D eigenvalue weighted by atomic mass is 10.0. The molecule has 0 aromatic rings. The first-order valence-electron chi connectivity index (χ1n) is 5.28. The summed E-state index contributed by atoms with van der Waals surface area (Å²) in [7, 11) is 2.22. The highest BCUT2D eigenvalue weighted by Crippen LogP contribution is 2.09. The first kappa shape index (κ1) is 12.0. The van der Waals surface area contributed by atoms with Gasteiger partial charge >= 0.3 is 0 Å². The van der Waals surface area contributed by atoms with E-state index in [0.29, 0.717) is 6.04 Å². The normalized spacial score (nSPS) is 14.2. The maximum atomic E-state index is 2.43. The molecule has 12 heavy (non-hydrogen) atoms. The van der Waals surface area contributed by atoms with Crippen molar-refractivity contribution in [3.8, 4) is 0 Å². The second-order valence-corrected chi connectivity index (χ2v) is 4.28. The number of hydrogen-bond donors (Lipinski definition) is 0. The van der Waals surface area contributed by atoms with Crippen LogP contribution < -0.4 is 0 Å². The molecular weight excluding hydrogens is 146 g/mol. The van der Waals surface area contributed by atoms with E-state index < -0.39 is 0 Å². The Balaban J connectivity index is 3.47. The van der Waals surface area contributed by atoms with Crippen molar-refractivity contribution < 1.29 is 0 Å². The van der Waals surface area contributed by atoms with Crippen LogP contribution in [0.25, 0.3) is 0 Å². The Hall–Kier alpha value is -0.0400. The van der Waals surface area contributed by atoms with Gasteiger partial charge in [-0.1, -0.05) is 26.7 Å². The number of hydrogen-bond acceptors (Lipinski definition) is 1. The molecule has 0 bridgehead atoms. The van der Waals surface area contributed by atoms with Crippen molar-refractivity contribution in [1.82, 2.24) is 4.90 Å². The molecule has 0 aromatic heterocycles. The van der Waals surface area contributed by atoms with Crippen molar-refractivity contribution in [2.75, 3.05) is 13.6 Å². The van der Waals surface area contributed by atoms with Crippen LogP contribution in [0.1, 0.15) is 47.0 Å². The van der Waals surface area contributed by atoms with Gasteiger partial charge in [0.05, 0.1) is 0 Å². The highest BCUT2D eigenvalue weighted by Gasteiger charge is 2.07. The molecule has 0 heterocycles. The largest absolute Gasteiger partial charge is 0.304 e. The maximum Gasteiger partial charge on any atom is 0.00356 e. The van der Waals surface area contributed by atoms with Crippen molar-refractivity contribution in [3.05, 3.63) is 0 Å². The van der Waals surface area contributed by atoms with E-state index >= 15 is 0 Å². The van der Waals surface area contributed by atoms with E-state index in [9.17, 15) is 0 Å². The van der Waals surface area contributed by atoms with E-state index in [-0.39, 0.29) is 0 Å². The van der Waals surface area contributed by atoms with Gasteiger partial charge in [0, 0.05) is 12.6 Å². The van der Waals surface area contributed by atoms with Gasteiger partial charge in [-0.3, -0.25) is 0 Å². The van der Waals surface area contributed by atoms with Crippen LogP contribution in [0.5, 0.6) is 0 Å². The van der Waals surface area contributed by atoms with Crippen molar-refractivity contribution in [1.29, 1.82) is 0 Å². The summed E-state index contributed by atoms with van der Waals surface area (Å²) < 4.78 is 0. The summed E-state index contributed by atoms with van der Waals surface area (Å²) in [4.78, 5) is 2.43. The number of rotatable bonds is 6. The smallest absolute Gasteiger partial charge is 0.00356 e. The Morgan fingerprint density at radius 1 is 1.17 bits per heavy atom. The van der Waals surface area contributed by atoms with E-state index in [1.807, 2.05) is 0 Å². The quantitative estimate of drug-likeness (QED) is 0.593. The molecule has 0 amide bonds. The Labute approximate surface area is 78.1 Å². The molecule has 0 saturated carbocycles. The van der Waals surface area contributed by atoms with Crippen LogP contribution in [0.3, 0.4) is 0 Å². The summed E-state index contributed by atoms with van der Waals surface area (Å²) in [6.07, 6.45) is 4.09. The predicted molar refractivity (Wildman–Crippen MR) is 56.5 cm³/mol. The van der Waals surface area contributed by atoms with E-state index in [1.54, 1.807) is 0 Å². The zero-order valence-corrected chi connectivity index (χ0v) is 9.43. The monoisotopic (exact) mass is 171 g/mol. The zero-order valence-electron chi connectivity index (χ0n) is 9.43. The van der Waals surface area contributed by atoms with Crippen LogP contribution in [0.2, 0.25) is 0 Å². The standard InChI is InChI=1S/C11H25N/c1-6-7-8-11(4)9-12(5)10(2)3/h10-11H,6-9H2,1-5H3. The van der Waals surface area contributed by atoms with Gasteiger partial charge < -0.3 is 4.90 Å². The zero-order chi connectivity index (χ0) is 9.56. The van der Waals surface area contributed by atoms with Gasteiger partial charge in [0.2, 0.25) is 0 Å². The molecule has 0 N–H and O–H groups in total. The van der Waals surface area contributed by atoms with Crippen LogP contribution in [0.4, 0.5) is 0 Å². The van der Waals surface area contributed by atoms with Crippen LogP contribution in [-0.4, -0.2) is 24.5 Å². The molecular formula is C11H25N. The van der Waals surface area contributed by atoms with Crippen LogP contribution in [0, 0.1) is 5.92 Å². The fourth-order valence-electron chi connectivity index (χ4n) is 1.35. The first-order chi connectivity index (χ1) is 5.57. The van der Waals surface area contributed by atoms with Crippen molar-refractivity contribution in [2.45, 2.75) is 53.0 Å². The Morgan fingerprint density at radius 3 is 2.17 bits per heavy atom. The maximum absolute atomic E-state index is 2.43. The fraction of sp³-hybridized carbons (Fsp3) is 1.00. The summed E-state index contributed by atoms with van der Waals surface area (Å²) in [5.41, 5.74) is 0. The van der Waals surface area contributed by atoms with Gasteiger partial charge in [-0.2, -0.15) is 0 Å². The fourth-order valence-corrected chi connectivity index (χ4v) is 1.35. The third-order valence-corrected chi connectivity index (χ3v) is 2.53. The van der Waals surface area contributed by atoms with Gasteiger partial charge in [0.25, 0.3) is 0 Å². The highest BCUT2D eigenvalue weighted by molar-refractivity contribution is 4.62. The minimum atomic E-state index is 0.689. The van der Waals surface area contributed by atoms with Crippen molar-refractivity contribution >= 4 is 0 Å². The van der Waals surface area contributed by atoms with E-state index in [2.05, 4.69) is 39.6 Å². The minimum absolute atomic E-state index is 0.689. The molecule has 74 valence electrons. The molecule has 1 atom stereocenters. The predicted octanol–water partition coefficient (Wildman–Crippen LogP) is 3.15. The van der Waals surface area contributed by atoms with Gasteiger partial charge in [0.1, 0.15) is 0 Å². The molecule has 0 radical (unpaired) electrons. The van der Waals surface area contributed by atoms with E-state index in [0.717, 1.165) is 5.92 Å². The van der Waals surface area contributed by atoms with Gasteiger partial charge in [0.15, 0.2) is 0 Å². The Bertz CT molecular complexity index is 99.2. The topological polar surface area (TPSA) is 3.24 Å². The molecule has 1 heteroatoms. The molecule has 0 fully saturated rings. The van der Waals surface area contributed by atoms with Crippen molar-refractivity contribution in [2.24, 2.45) is 5.92 Å². The van der Waals surface area contributed by atoms with Gasteiger partial charge in [-0.15, -0.1) is 0 Å². The summed E-state index contributed by atoms with van der Waals surface area (Å²) in [5, 5.41) is 0. The Kier molecular flexibility index (Phi) is 6.45. The average molecular weight is 171 g/mol. The lowest BCUT2D eigenvalue weighted by Crippen LogP contribution is -2.30. The second-order valence-electron chi connectivity index (χ2n) is 4.28. The molecule has 0 aliphatic carbocycles. The van der Waals surface area contributed by atoms with E-state index in [1.165, 1.54) is 25.8 Å². The number of nitrogens with zero attached hydrogens (tertiary/aromatic N) is 1. The third kappa shape index (κ3) is 5.59. The lowest BCUT2D eigenvalue weighted by molar-refractivity contribution is 0.230. The second kappa shape index (κ2) is 6.47. The van der Waals surface area contributed by atoms with Crippen LogP contribution in [-0.2, 0) is 0 Å². The molecule has 0 saturated heterocycles. The van der Waals surface area contributed by atoms with Crippen LogP contribution in [0.15, 0.2) is 0 Å². The van der Waals surface area contributed by atoms with Gasteiger partial charge in [-0.05, 0) is 33.2 Å². The summed E-state index contributed by atoms with van der Waals surface area (Å²) in [6.45, 7) is 10.4. The summed E-state index contributed by atoms with van der Waals surface area (Å²) >= 11 is 0. The molecule has 0 spiro atoms. The molecule has 0 aromatic carbocycles. The summed E-state index contributed by atoms with van der Waals surface area (Å²) in [5.74, 6) is 0.859. The van der Waals surface area contributed by atoms with Crippen molar-refractivity contribution in [3.63, 3.8) is 0 Å². The number of unbranched alkanes of at least 4 members (excludes halogenated alkanes) is 1.